The Hall–Kier alpha value is -3.61. The number of ether oxygens (including phenoxy) is 2. The monoisotopic (exact) mass is 696 g/mol. The molecular formula is C33H37BrN4O6S. The number of urea groups is 1. The highest BCUT2D eigenvalue weighted by Gasteiger charge is 2.59. The molecule has 3 aromatic rings. The van der Waals surface area contributed by atoms with E-state index in [0.717, 1.165) is 22.3 Å². The molecule has 0 aromatic heterocycles. The van der Waals surface area contributed by atoms with Gasteiger partial charge >= 0.3 is 6.03 Å². The number of amides is 2. The molecule has 4 atom stereocenters. The van der Waals surface area contributed by atoms with Crippen LogP contribution in [0.3, 0.4) is 0 Å². The molecule has 6 rings (SSSR count). The lowest BCUT2D eigenvalue weighted by Crippen LogP contribution is -2.54. The Labute approximate surface area is 272 Å². The predicted octanol–water partition coefficient (Wildman–Crippen LogP) is 5.01. The standard InChI is InChI=1S/C33H37BrN4O6S/c1-20-9-11-26(12-10-20)45(41,42)37-36-24-13-21(2)33-16-25(19-39)38(32(40)35-17-22-7-5-4-6-8-22)18-23-14-27(43-3)30(34)31(29(23)33)44-28(33)15-24/h4-12,14,21,25,28,37,39H,13,15-19H2,1-3H3,(H,35,40)/t21-,25+,28-,33+/m1/s1. The largest absolute Gasteiger partial charge is 0.495 e. The summed E-state index contributed by atoms with van der Waals surface area (Å²) in [5.74, 6) is 1.18. The van der Waals surface area contributed by atoms with E-state index in [2.05, 4.69) is 38.1 Å². The number of hydrazone groups is 1. The molecule has 45 heavy (non-hydrogen) atoms. The van der Waals surface area contributed by atoms with E-state index in [1.165, 1.54) is 0 Å². The average molecular weight is 698 g/mol. The van der Waals surface area contributed by atoms with E-state index in [1.54, 1.807) is 36.3 Å². The van der Waals surface area contributed by atoms with Crippen molar-refractivity contribution in [2.45, 2.75) is 68.7 Å². The van der Waals surface area contributed by atoms with Gasteiger partial charge in [-0.2, -0.15) is 13.5 Å². The van der Waals surface area contributed by atoms with Gasteiger partial charge in [-0.15, -0.1) is 0 Å². The average Bonchev–Trinajstić information content (AvgIpc) is 3.30. The number of hydrogen-bond donors (Lipinski definition) is 3. The van der Waals surface area contributed by atoms with E-state index >= 15 is 0 Å². The first-order valence-corrected chi connectivity index (χ1v) is 17.2. The highest BCUT2D eigenvalue weighted by atomic mass is 79.9. The van der Waals surface area contributed by atoms with Crippen molar-refractivity contribution < 1.29 is 27.8 Å². The van der Waals surface area contributed by atoms with Gasteiger partial charge in [-0.05, 0) is 70.9 Å². The maximum Gasteiger partial charge on any atom is 0.318 e. The number of hydrogen-bond acceptors (Lipinski definition) is 7. The summed E-state index contributed by atoms with van der Waals surface area (Å²) >= 11 is 3.70. The molecule has 3 aliphatic rings. The number of carbonyl (C=O) groups excluding carboxylic acids is 1. The third-order valence-electron chi connectivity index (χ3n) is 9.40. The second-order valence-corrected chi connectivity index (χ2v) is 14.6. The first kappa shape index (κ1) is 31.4. The number of methoxy groups -OCH3 is 1. The van der Waals surface area contributed by atoms with E-state index in [1.807, 2.05) is 43.3 Å². The first-order valence-electron chi connectivity index (χ1n) is 15.0. The van der Waals surface area contributed by atoms with Gasteiger partial charge in [-0.1, -0.05) is 55.0 Å². The molecule has 2 aliphatic heterocycles. The van der Waals surface area contributed by atoms with Crippen molar-refractivity contribution in [3.8, 4) is 11.5 Å². The molecule has 1 spiro atoms. The lowest BCUT2D eigenvalue weighted by molar-refractivity contribution is 0.0517. The number of nitrogens with one attached hydrogen (secondary N) is 2. The van der Waals surface area contributed by atoms with Crippen LogP contribution in [0.15, 0.2) is 75.1 Å². The topological polar surface area (TPSA) is 130 Å². The Morgan fingerprint density at radius 3 is 2.60 bits per heavy atom. The van der Waals surface area contributed by atoms with Crippen LogP contribution in [0.5, 0.6) is 11.5 Å². The summed E-state index contributed by atoms with van der Waals surface area (Å²) in [5, 5.41) is 18.1. The molecule has 10 nitrogen and oxygen atoms in total. The van der Waals surface area contributed by atoms with Crippen LogP contribution in [-0.4, -0.2) is 56.0 Å². The molecule has 238 valence electrons. The van der Waals surface area contributed by atoms with Crippen molar-refractivity contribution >= 4 is 37.7 Å². The molecule has 2 heterocycles. The fraction of sp³-hybridized carbons (Fsp3) is 0.394. The van der Waals surface area contributed by atoms with Gasteiger partial charge in [0.15, 0.2) is 0 Å². The Morgan fingerprint density at radius 2 is 1.91 bits per heavy atom. The second-order valence-electron chi connectivity index (χ2n) is 12.1. The van der Waals surface area contributed by atoms with Crippen LogP contribution in [0.25, 0.3) is 0 Å². The van der Waals surface area contributed by atoms with Crippen LogP contribution in [0.4, 0.5) is 4.79 Å². The zero-order chi connectivity index (χ0) is 31.9. The van der Waals surface area contributed by atoms with Crippen LogP contribution < -0.4 is 19.6 Å². The molecule has 0 radical (unpaired) electrons. The van der Waals surface area contributed by atoms with Gasteiger partial charge in [-0.3, -0.25) is 0 Å². The van der Waals surface area contributed by atoms with Crippen LogP contribution in [0.2, 0.25) is 0 Å². The van der Waals surface area contributed by atoms with Crippen molar-refractivity contribution in [3.05, 3.63) is 87.4 Å². The van der Waals surface area contributed by atoms with Crippen molar-refractivity contribution in [2.24, 2.45) is 11.0 Å². The van der Waals surface area contributed by atoms with E-state index in [-0.39, 0.29) is 30.0 Å². The second kappa shape index (κ2) is 12.3. The van der Waals surface area contributed by atoms with Gasteiger partial charge in [-0.25, -0.2) is 9.63 Å². The van der Waals surface area contributed by atoms with Crippen LogP contribution >= 0.6 is 15.9 Å². The smallest absolute Gasteiger partial charge is 0.318 e. The third-order valence-corrected chi connectivity index (χ3v) is 11.4. The van der Waals surface area contributed by atoms with Crippen molar-refractivity contribution in [1.29, 1.82) is 0 Å². The van der Waals surface area contributed by atoms with Crippen molar-refractivity contribution in [2.75, 3.05) is 13.7 Å². The number of sulfonamides is 1. The molecule has 3 N–H and O–H groups in total. The zero-order valence-electron chi connectivity index (χ0n) is 25.4. The van der Waals surface area contributed by atoms with E-state index in [0.29, 0.717) is 47.5 Å². The van der Waals surface area contributed by atoms with Gasteiger partial charge in [0.25, 0.3) is 10.0 Å². The van der Waals surface area contributed by atoms with Gasteiger partial charge in [0.2, 0.25) is 0 Å². The summed E-state index contributed by atoms with van der Waals surface area (Å²) in [5.41, 5.74) is 3.95. The lowest BCUT2D eigenvalue weighted by atomic mass is 9.59. The SMILES string of the molecule is COc1cc2c3c(c1Br)O[C@@H]1CC(=NNS(=O)(=O)c4ccc(C)cc4)C[C@@H](C)[C@]31C[C@@H](CO)N(C(=O)NCc1ccccc1)C2. The number of nitrogens with zero attached hydrogens (tertiary/aromatic N) is 2. The molecule has 1 saturated carbocycles. The van der Waals surface area contributed by atoms with Crippen LogP contribution in [0, 0.1) is 12.8 Å². The van der Waals surface area contributed by atoms with Gasteiger partial charge < -0.3 is 24.8 Å². The Bertz CT molecular complexity index is 1730. The Morgan fingerprint density at radius 1 is 1.18 bits per heavy atom. The molecule has 12 heteroatoms. The van der Waals surface area contributed by atoms with Crippen molar-refractivity contribution in [3.63, 3.8) is 0 Å². The minimum atomic E-state index is -3.85. The molecule has 1 fully saturated rings. The van der Waals surface area contributed by atoms with Crippen LogP contribution in [0.1, 0.15) is 48.4 Å². The van der Waals surface area contributed by atoms with E-state index in [4.69, 9.17) is 9.47 Å². The minimum Gasteiger partial charge on any atom is -0.495 e. The van der Waals surface area contributed by atoms with Gasteiger partial charge in [0, 0.05) is 36.2 Å². The normalized spacial score (nSPS) is 24.7. The summed E-state index contributed by atoms with van der Waals surface area (Å²) < 4.78 is 39.1. The minimum absolute atomic E-state index is 0.0550. The zero-order valence-corrected chi connectivity index (χ0v) is 27.8. The maximum atomic E-state index is 13.7. The number of rotatable bonds is 7. The molecule has 2 amide bonds. The van der Waals surface area contributed by atoms with Gasteiger partial charge in [0.05, 0.1) is 24.7 Å². The molecule has 3 aromatic carbocycles. The number of aliphatic hydroxyl groups excluding tert-OH is 1. The molecule has 0 bridgehead atoms. The highest BCUT2D eigenvalue weighted by Crippen LogP contribution is 2.60. The van der Waals surface area contributed by atoms with Gasteiger partial charge in [0.1, 0.15) is 22.1 Å². The lowest BCUT2D eigenvalue weighted by Gasteiger charge is -2.45. The summed E-state index contributed by atoms with van der Waals surface area (Å²) in [6.45, 7) is 4.41. The Kier molecular flexibility index (Phi) is 8.57. The number of aryl methyl sites for hydroxylation is 1. The number of benzene rings is 3. The fourth-order valence-corrected chi connectivity index (χ4v) is 8.51. The number of halogens is 1. The molecule has 0 unspecified atom stereocenters. The number of aliphatic hydroxyl groups is 1. The summed E-state index contributed by atoms with van der Waals surface area (Å²) in [6, 6.07) is 17.5. The van der Waals surface area contributed by atoms with E-state index in [9.17, 15) is 18.3 Å². The van der Waals surface area contributed by atoms with Crippen molar-refractivity contribution in [1.82, 2.24) is 15.0 Å². The highest BCUT2D eigenvalue weighted by molar-refractivity contribution is 9.10. The fourth-order valence-electron chi connectivity index (χ4n) is 7.09. The molecule has 1 aliphatic carbocycles. The van der Waals surface area contributed by atoms with Crippen LogP contribution in [-0.2, 0) is 28.5 Å². The number of carbonyl (C=O) groups is 1. The van der Waals surface area contributed by atoms with E-state index < -0.39 is 27.6 Å². The molecule has 0 saturated heterocycles. The molecular weight excluding hydrogens is 660 g/mol. The maximum absolute atomic E-state index is 13.7. The third kappa shape index (κ3) is 5.68. The summed E-state index contributed by atoms with van der Waals surface area (Å²) in [4.78, 5) is 18.0. The predicted molar refractivity (Wildman–Crippen MR) is 174 cm³/mol. The summed E-state index contributed by atoms with van der Waals surface area (Å²) in [6.07, 6.45) is 0.955. The Balaban J connectivity index is 1.33. The first-order chi connectivity index (χ1) is 21.6. The quantitative estimate of drug-likeness (QED) is 0.298. The summed E-state index contributed by atoms with van der Waals surface area (Å²) in [7, 11) is -2.26.